The summed E-state index contributed by atoms with van der Waals surface area (Å²) < 4.78 is 7.28. The number of carbonyl (C=O) groups excluding carboxylic acids is 1. The Hall–Kier alpha value is -2.36. The molecule has 2 aromatic rings. The fourth-order valence-corrected chi connectivity index (χ4v) is 3.94. The summed E-state index contributed by atoms with van der Waals surface area (Å²) in [5.74, 6) is 0.894. The average molecular weight is 484 g/mol. The van der Waals surface area contributed by atoms with Gasteiger partial charge in [0.2, 0.25) is 0 Å². The zero-order valence-electron chi connectivity index (χ0n) is 21.8. The maximum absolute atomic E-state index is 11.7. The number of hydrogen-bond acceptors (Lipinski definition) is 2. The highest BCUT2D eigenvalue weighted by molar-refractivity contribution is 6.17. The molecule has 1 heterocycles. The standard InChI is InChI=1S/C28H37NO2.C2H5Cl/c1-7-25(17-16-21(2)13-10-8-9-11-18-31-6)24(5)29-22(3)19-27-26(20-23(4)30)14-12-15-28(27)29;1-2-3/h7,12,14-17,19H,2,5,8-11,13,18,20H2,1,3-4,6H3;2H2,1H3/b17-16-,25-7+;. The molecule has 0 fully saturated rings. The van der Waals surface area contributed by atoms with Crippen LogP contribution in [0.5, 0.6) is 0 Å². The summed E-state index contributed by atoms with van der Waals surface area (Å²) >= 11 is 5.00. The van der Waals surface area contributed by atoms with Gasteiger partial charge in [0.05, 0.1) is 5.52 Å². The lowest BCUT2D eigenvalue weighted by Crippen LogP contribution is -2.01. The Balaban J connectivity index is 0.00000182. The molecule has 0 spiro atoms. The van der Waals surface area contributed by atoms with Crippen LogP contribution < -0.4 is 0 Å². The molecule has 34 heavy (non-hydrogen) atoms. The molecule has 2 rings (SSSR count). The molecule has 4 heteroatoms. The Labute approximate surface area is 211 Å². The van der Waals surface area contributed by atoms with Crippen LogP contribution in [0, 0.1) is 6.92 Å². The van der Waals surface area contributed by atoms with Crippen LogP contribution >= 0.6 is 11.6 Å². The molecule has 0 aliphatic rings. The Kier molecular flexibility index (Phi) is 14.2. The Morgan fingerprint density at radius 1 is 1.15 bits per heavy atom. The van der Waals surface area contributed by atoms with Gasteiger partial charge in [0.1, 0.15) is 5.78 Å². The van der Waals surface area contributed by atoms with Crippen LogP contribution in [-0.4, -0.2) is 29.9 Å². The molecular formula is C30H42ClNO2. The van der Waals surface area contributed by atoms with Crippen LogP contribution in [0.1, 0.15) is 64.1 Å². The number of fused-ring (bicyclic) bond motifs is 1. The number of alkyl halides is 1. The molecule has 1 aromatic carbocycles. The van der Waals surface area contributed by atoms with E-state index in [1.54, 1.807) is 14.0 Å². The number of aryl methyl sites for hydroxylation is 1. The number of ether oxygens (including phenoxy) is 1. The minimum Gasteiger partial charge on any atom is -0.385 e. The first-order chi connectivity index (χ1) is 16.3. The van der Waals surface area contributed by atoms with E-state index in [1.165, 1.54) is 12.8 Å². The molecule has 0 atom stereocenters. The van der Waals surface area contributed by atoms with Gasteiger partial charge in [-0.05, 0) is 63.3 Å². The number of ketones is 1. The van der Waals surface area contributed by atoms with Crippen LogP contribution in [0.4, 0.5) is 0 Å². The summed E-state index contributed by atoms with van der Waals surface area (Å²) in [6.45, 7) is 17.1. The first-order valence-corrected chi connectivity index (χ1v) is 12.7. The number of halogens is 1. The van der Waals surface area contributed by atoms with E-state index >= 15 is 0 Å². The highest BCUT2D eigenvalue weighted by Crippen LogP contribution is 2.29. The largest absolute Gasteiger partial charge is 0.385 e. The second-order valence-corrected chi connectivity index (χ2v) is 8.99. The van der Waals surface area contributed by atoms with Crippen molar-refractivity contribution in [2.75, 3.05) is 19.6 Å². The zero-order valence-corrected chi connectivity index (χ0v) is 22.5. The predicted molar refractivity (Wildman–Crippen MR) is 150 cm³/mol. The molecule has 0 radical (unpaired) electrons. The molecule has 0 saturated heterocycles. The van der Waals surface area contributed by atoms with E-state index in [9.17, 15) is 4.79 Å². The van der Waals surface area contributed by atoms with Crippen molar-refractivity contribution in [2.24, 2.45) is 0 Å². The minimum atomic E-state index is 0.172. The van der Waals surface area contributed by atoms with Crippen molar-refractivity contribution in [3.05, 3.63) is 78.1 Å². The van der Waals surface area contributed by atoms with Gasteiger partial charge in [-0.25, -0.2) is 0 Å². The fourth-order valence-electron chi connectivity index (χ4n) is 3.94. The summed E-state index contributed by atoms with van der Waals surface area (Å²) in [7, 11) is 1.75. The maximum atomic E-state index is 11.7. The minimum absolute atomic E-state index is 0.172. The molecule has 0 aliphatic heterocycles. The van der Waals surface area contributed by atoms with Crippen molar-refractivity contribution in [3.8, 4) is 0 Å². The van der Waals surface area contributed by atoms with E-state index in [2.05, 4.69) is 55.0 Å². The van der Waals surface area contributed by atoms with Crippen LogP contribution in [0.25, 0.3) is 16.6 Å². The van der Waals surface area contributed by atoms with Crippen molar-refractivity contribution < 1.29 is 9.53 Å². The predicted octanol–water partition coefficient (Wildman–Crippen LogP) is 8.45. The van der Waals surface area contributed by atoms with Crippen molar-refractivity contribution in [3.63, 3.8) is 0 Å². The lowest BCUT2D eigenvalue weighted by atomic mass is 10.0. The van der Waals surface area contributed by atoms with E-state index in [0.29, 0.717) is 6.42 Å². The van der Waals surface area contributed by atoms with Crippen LogP contribution in [0.15, 0.2) is 66.8 Å². The molecular weight excluding hydrogens is 442 g/mol. The molecule has 1 aromatic heterocycles. The van der Waals surface area contributed by atoms with Gasteiger partial charge in [-0.2, -0.15) is 0 Å². The molecule has 0 aliphatic carbocycles. The summed E-state index contributed by atoms with van der Waals surface area (Å²) in [4.78, 5) is 11.7. The quantitative estimate of drug-likeness (QED) is 0.162. The number of nitrogens with zero attached hydrogens (tertiary/aromatic N) is 1. The number of hydrogen-bond donors (Lipinski definition) is 0. The van der Waals surface area contributed by atoms with E-state index in [0.717, 1.165) is 70.8 Å². The smallest absolute Gasteiger partial charge is 0.134 e. The second-order valence-electron chi connectivity index (χ2n) is 8.46. The molecule has 0 bridgehead atoms. The fraction of sp³-hybridized carbons (Fsp3) is 0.433. The Morgan fingerprint density at radius 3 is 2.44 bits per heavy atom. The van der Waals surface area contributed by atoms with Crippen molar-refractivity contribution in [2.45, 2.75) is 66.2 Å². The highest BCUT2D eigenvalue weighted by Gasteiger charge is 2.13. The average Bonchev–Trinajstić information content (AvgIpc) is 3.13. The number of carbonyl (C=O) groups is 1. The van der Waals surface area contributed by atoms with Crippen LogP contribution in [0.3, 0.4) is 0 Å². The van der Waals surface area contributed by atoms with Crippen molar-refractivity contribution in [1.82, 2.24) is 4.57 Å². The topological polar surface area (TPSA) is 31.2 Å². The highest BCUT2D eigenvalue weighted by atomic mass is 35.5. The molecule has 186 valence electrons. The molecule has 0 unspecified atom stereocenters. The zero-order chi connectivity index (χ0) is 25.5. The Bertz CT molecular complexity index is 1010. The third-order valence-corrected chi connectivity index (χ3v) is 5.57. The molecule has 0 N–H and O–H groups in total. The SMILES string of the molecule is C=C(/C=C\C(=C/C)C(=C)n1c(C)cc2c(CC(C)=O)cccc21)CCCCCCOC.CCCl. The van der Waals surface area contributed by atoms with Gasteiger partial charge < -0.3 is 9.30 Å². The number of unbranched alkanes of at least 4 members (excludes halogenated alkanes) is 3. The van der Waals surface area contributed by atoms with Gasteiger partial charge in [0.25, 0.3) is 0 Å². The number of rotatable bonds is 13. The summed E-state index contributed by atoms with van der Waals surface area (Å²) in [5, 5.41) is 1.12. The second kappa shape index (κ2) is 16.3. The first kappa shape index (κ1) is 29.7. The monoisotopic (exact) mass is 483 g/mol. The number of benzene rings is 1. The van der Waals surface area contributed by atoms with E-state index in [1.807, 2.05) is 26.0 Å². The lowest BCUT2D eigenvalue weighted by molar-refractivity contribution is -0.116. The lowest BCUT2D eigenvalue weighted by Gasteiger charge is -2.13. The van der Waals surface area contributed by atoms with Gasteiger partial charge in [-0.1, -0.05) is 68.9 Å². The molecule has 0 saturated carbocycles. The van der Waals surface area contributed by atoms with Gasteiger partial charge in [-0.3, -0.25) is 4.79 Å². The van der Waals surface area contributed by atoms with Crippen LogP contribution in [0.2, 0.25) is 0 Å². The van der Waals surface area contributed by atoms with E-state index in [-0.39, 0.29) is 5.78 Å². The number of Topliss-reactive ketones (excluding diaryl/α,β-unsaturated/α-hetero) is 1. The first-order valence-electron chi connectivity index (χ1n) is 12.2. The van der Waals surface area contributed by atoms with Gasteiger partial charge >= 0.3 is 0 Å². The normalized spacial score (nSPS) is 11.5. The van der Waals surface area contributed by atoms with E-state index < -0.39 is 0 Å². The van der Waals surface area contributed by atoms with Gasteiger partial charge in [-0.15, -0.1) is 11.6 Å². The number of aromatic nitrogens is 1. The number of allylic oxidation sites excluding steroid dienone is 6. The maximum Gasteiger partial charge on any atom is 0.134 e. The summed E-state index contributed by atoms with van der Waals surface area (Å²) in [5.41, 5.74) is 6.40. The van der Waals surface area contributed by atoms with E-state index in [4.69, 9.17) is 16.3 Å². The molecule has 3 nitrogen and oxygen atoms in total. The van der Waals surface area contributed by atoms with Crippen LogP contribution in [-0.2, 0) is 16.0 Å². The summed E-state index contributed by atoms with van der Waals surface area (Å²) in [6.07, 6.45) is 12.4. The third kappa shape index (κ3) is 9.48. The van der Waals surface area contributed by atoms with Gasteiger partial charge in [0.15, 0.2) is 0 Å². The Morgan fingerprint density at radius 2 is 1.82 bits per heavy atom. The summed E-state index contributed by atoms with van der Waals surface area (Å²) in [6, 6.07) is 8.30. The molecule has 0 amide bonds. The van der Waals surface area contributed by atoms with Crippen molar-refractivity contribution in [1.29, 1.82) is 0 Å². The van der Waals surface area contributed by atoms with Crippen molar-refractivity contribution >= 4 is 34.0 Å². The third-order valence-electron chi connectivity index (χ3n) is 5.57. The number of methoxy groups -OCH3 is 1. The van der Waals surface area contributed by atoms with Gasteiger partial charge in [0, 0.05) is 42.8 Å².